The number of benzene rings is 1. The number of methoxy groups -OCH3 is 2. The highest BCUT2D eigenvalue weighted by molar-refractivity contribution is 5.99. The Morgan fingerprint density at radius 1 is 1.40 bits per heavy atom. The molecule has 0 aliphatic heterocycles. The summed E-state index contributed by atoms with van der Waals surface area (Å²) in [6.45, 7) is 0.237. The van der Waals surface area contributed by atoms with Gasteiger partial charge in [0.2, 0.25) is 0 Å². The summed E-state index contributed by atoms with van der Waals surface area (Å²) in [5.41, 5.74) is -0.467. The number of rotatable bonds is 6. The Morgan fingerprint density at radius 2 is 2.00 bits per heavy atom. The third kappa shape index (κ3) is 3.38. The van der Waals surface area contributed by atoms with E-state index in [0.717, 1.165) is 6.07 Å². The molecule has 0 fully saturated rings. The quantitative estimate of drug-likeness (QED) is 0.367. The molecule has 1 aromatic carbocycles. The molecule has 0 bridgehead atoms. The average Bonchev–Trinajstić information content (AvgIpc) is 2.45. The van der Waals surface area contributed by atoms with Crippen molar-refractivity contribution in [1.82, 2.24) is 5.32 Å². The van der Waals surface area contributed by atoms with E-state index in [1.54, 1.807) is 0 Å². The lowest BCUT2D eigenvalue weighted by molar-refractivity contribution is -0.385. The SMILES string of the molecule is C#CCCNC(=O)c1cc(OC)c(OC)cc1[N+](=O)[O-]. The van der Waals surface area contributed by atoms with Gasteiger partial charge in [0.1, 0.15) is 5.56 Å². The molecular formula is C13H14N2O5. The summed E-state index contributed by atoms with van der Waals surface area (Å²) in [6.07, 6.45) is 5.41. The molecule has 0 radical (unpaired) electrons. The van der Waals surface area contributed by atoms with E-state index in [1.807, 2.05) is 0 Å². The van der Waals surface area contributed by atoms with Crippen molar-refractivity contribution >= 4 is 11.6 Å². The maximum Gasteiger partial charge on any atom is 0.286 e. The summed E-state index contributed by atoms with van der Waals surface area (Å²) in [4.78, 5) is 22.3. The Balaban J connectivity index is 3.19. The number of nitrogens with one attached hydrogen (secondary N) is 1. The van der Waals surface area contributed by atoms with Crippen LogP contribution in [0.25, 0.3) is 0 Å². The Labute approximate surface area is 116 Å². The van der Waals surface area contributed by atoms with Gasteiger partial charge in [-0.05, 0) is 0 Å². The second-order valence-corrected chi connectivity index (χ2v) is 3.69. The van der Waals surface area contributed by atoms with Gasteiger partial charge in [-0.25, -0.2) is 0 Å². The van der Waals surface area contributed by atoms with Crippen molar-refractivity contribution in [2.75, 3.05) is 20.8 Å². The largest absolute Gasteiger partial charge is 0.493 e. The zero-order valence-electron chi connectivity index (χ0n) is 11.1. The number of carbonyl (C=O) groups is 1. The van der Waals surface area contributed by atoms with Gasteiger partial charge >= 0.3 is 0 Å². The fraction of sp³-hybridized carbons (Fsp3) is 0.308. The zero-order chi connectivity index (χ0) is 15.1. The van der Waals surface area contributed by atoms with Crippen LogP contribution in [-0.2, 0) is 0 Å². The second kappa shape index (κ2) is 6.99. The van der Waals surface area contributed by atoms with Gasteiger partial charge in [-0.3, -0.25) is 14.9 Å². The van der Waals surface area contributed by atoms with Gasteiger partial charge in [-0.15, -0.1) is 12.3 Å². The minimum absolute atomic E-state index is 0.107. The average molecular weight is 278 g/mol. The first-order valence-corrected chi connectivity index (χ1v) is 5.67. The topological polar surface area (TPSA) is 90.7 Å². The summed E-state index contributed by atoms with van der Waals surface area (Å²) in [5.74, 6) is 2.19. The number of carbonyl (C=O) groups excluding carboxylic acids is 1. The summed E-state index contributed by atoms with van der Waals surface area (Å²) in [5, 5.41) is 13.5. The Bertz CT molecular complexity index is 563. The van der Waals surface area contributed by atoms with Crippen molar-refractivity contribution in [2.45, 2.75) is 6.42 Å². The fourth-order valence-corrected chi connectivity index (χ4v) is 1.54. The fourth-order valence-electron chi connectivity index (χ4n) is 1.54. The molecule has 0 heterocycles. The van der Waals surface area contributed by atoms with Crippen molar-refractivity contribution in [3.05, 3.63) is 27.8 Å². The van der Waals surface area contributed by atoms with E-state index in [1.165, 1.54) is 20.3 Å². The number of amides is 1. The maximum atomic E-state index is 11.9. The molecule has 0 saturated carbocycles. The molecular weight excluding hydrogens is 264 g/mol. The van der Waals surface area contributed by atoms with E-state index >= 15 is 0 Å². The first-order chi connectivity index (χ1) is 9.54. The van der Waals surface area contributed by atoms with Crippen LogP contribution in [0.4, 0.5) is 5.69 Å². The van der Waals surface area contributed by atoms with E-state index in [9.17, 15) is 14.9 Å². The van der Waals surface area contributed by atoms with Crippen molar-refractivity contribution in [3.8, 4) is 23.8 Å². The first-order valence-electron chi connectivity index (χ1n) is 5.67. The van der Waals surface area contributed by atoms with Crippen molar-refractivity contribution in [3.63, 3.8) is 0 Å². The van der Waals surface area contributed by atoms with Gasteiger partial charge in [-0.1, -0.05) is 0 Å². The van der Waals surface area contributed by atoms with Gasteiger partial charge < -0.3 is 14.8 Å². The first kappa shape index (κ1) is 15.3. The number of hydrogen-bond acceptors (Lipinski definition) is 5. The molecule has 0 spiro atoms. The molecule has 0 saturated heterocycles. The van der Waals surface area contributed by atoms with Crippen LogP contribution in [0.3, 0.4) is 0 Å². The molecule has 1 amide bonds. The highest BCUT2D eigenvalue weighted by Crippen LogP contribution is 2.34. The van der Waals surface area contributed by atoms with Gasteiger partial charge in [0.25, 0.3) is 11.6 Å². The number of hydrogen-bond donors (Lipinski definition) is 1. The third-order valence-corrected chi connectivity index (χ3v) is 2.50. The van der Waals surface area contributed by atoms with Crippen LogP contribution in [-0.4, -0.2) is 31.6 Å². The number of nitro benzene ring substituents is 1. The van der Waals surface area contributed by atoms with Gasteiger partial charge in [0.05, 0.1) is 25.2 Å². The zero-order valence-corrected chi connectivity index (χ0v) is 11.1. The molecule has 0 aliphatic rings. The molecule has 0 aromatic heterocycles. The lowest BCUT2D eigenvalue weighted by Gasteiger charge is -2.10. The van der Waals surface area contributed by atoms with Crippen LogP contribution in [0.5, 0.6) is 11.5 Å². The van der Waals surface area contributed by atoms with Crippen LogP contribution in [0.15, 0.2) is 12.1 Å². The highest BCUT2D eigenvalue weighted by atomic mass is 16.6. The lowest BCUT2D eigenvalue weighted by Crippen LogP contribution is -2.25. The molecule has 0 aliphatic carbocycles. The van der Waals surface area contributed by atoms with Crippen molar-refractivity contribution < 1.29 is 19.2 Å². The normalized spacial score (nSPS) is 9.45. The second-order valence-electron chi connectivity index (χ2n) is 3.69. The predicted octanol–water partition coefficient (Wildman–Crippen LogP) is 1.37. The molecule has 0 atom stereocenters. The molecule has 7 nitrogen and oxygen atoms in total. The van der Waals surface area contributed by atoms with Crippen LogP contribution < -0.4 is 14.8 Å². The maximum absolute atomic E-state index is 11.9. The Hall–Kier alpha value is -2.75. The summed E-state index contributed by atoms with van der Waals surface area (Å²) in [7, 11) is 2.73. The van der Waals surface area contributed by atoms with Crippen LogP contribution in [0.2, 0.25) is 0 Å². The molecule has 106 valence electrons. The highest BCUT2D eigenvalue weighted by Gasteiger charge is 2.24. The van der Waals surface area contributed by atoms with E-state index in [-0.39, 0.29) is 29.3 Å². The minimum Gasteiger partial charge on any atom is -0.493 e. The van der Waals surface area contributed by atoms with Crippen LogP contribution in [0.1, 0.15) is 16.8 Å². The van der Waals surface area contributed by atoms with E-state index in [4.69, 9.17) is 15.9 Å². The molecule has 0 unspecified atom stereocenters. The predicted molar refractivity (Wildman–Crippen MR) is 72.0 cm³/mol. The van der Waals surface area contributed by atoms with Crippen molar-refractivity contribution in [2.24, 2.45) is 0 Å². The van der Waals surface area contributed by atoms with E-state index in [0.29, 0.717) is 6.42 Å². The number of ether oxygens (including phenoxy) is 2. The summed E-state index contributed by atoms with van der Waals surface area (Å²) in [6, 6.07) is 2.41. The Kier molecular flexibility index (Phi) is 5.35. The lowest BCUT2D eigenvalue weighted by atomic mass is 10.1. The van der Waals surface area contributed by atoms with Crippen LogP contribution in [0, 0.1) is 22.5 Å². The third-order valence-electron chi connectivity index (χ3n) is 2.50. The Morgan fingerprint density at radius 3 is 2.50 bits per heavy atom. The van der Waals surface area contributed by atoms with Gasteiger partial charge in [-0.2, -0.15) is 0 Å². The number of terminal acetylenes is 1. The smallest absolute Gasteiger partial charge is 0.286 e. The number of nitro groups is 1. The summed E-state index contributed by atoms with van der Waals surface area (Å²) < 4.78 is 10.0. The molecule has 1 N–H and O–H groups in total. The monoisotopic (exact) mass is 278 g/mol. The minimum atomic E-state index is -0.655. The molecule has 7 heteroatoms. The van der Waals surface area contributed by atoms with Gasteiger partial charge in [0, 0.05) is 19.0 Å². The molecule has 1 rings (SSSR count). The van der Waals surface area contributed by atoms with E-state index < -0.39 is 10.8 Å². The van der Waals surface area contributed by atoms with Crippen LogP contribution >= 0.6 is 0 Å². The van der Waals surface area contributed by atoms with Crippen molar-refractivity contribution in [1.29, 1.82) is 0 Å². The van der Waals surface area contributed by atoms with E-state index in [2.05, 4.69) is 11.2 Å². The standard InChI is InChI=1S/C13H14N2O5/c1-4-5-6-14-13(16)9-7-11(19-2)12(20-3)8-10(9)15(17)18/h1,7-8H,5-6H2,2-3H3,(H,14,16). The summed E-state index contributed by atoms with van der Waals surface area (Å²) >= 11 is 0. The molecule has 20 heavy (non-hydrogen) atoms. The number of nitrogens with zero attached hydrogens (tertiary/aromatic N) is 1. The van der Waals surface area contributed by atoms with Gasteiger partial charge in [0.15, 0.2) is 11.5 Å². The molecule has 1 aromatic rings.